The zero-order chi connectivity index (χ0) is 15.6. The van der Waals surface area contributed by atoms with E-state index in [1.165, 1.54) is 0 Å². The lowest BCUT2D eigenvalue weighted by atomic mass is 9.92. The van der Waals surface area contributed by atoms with Crippen LogP contribution in [0.4, 0.5) is 5.82 Å². The van der Waals surface area contributed by atoms with E-state index in [1.807, 2.05) is 31.3 Å². The Bertz CT molecular complexity index is 628. The first-order valence-corrected chi connectivity index (χ1v) is 7.56. The summed E-state index contributed by atoms with van der Waals surface area (Å²) in [6.07, 6.45) is 0.511. The minimum Gasteiger partial charge on any atom is -0.373 e. The van der Waals surface area contributed by atoms with E-state index in [1.54, 1.807) is 0 Å². The molecular formula is C16H19Cl2N3. The normalized spacial score (nSPS) is 11.5. The molecule has 21 heavy (non-hydrogen) atoms. The summed E-state index contributed by atoms with van der Waals surface area (Å²) in [4.78, 5) is 9.17. The van der Waals surface area contributed by atoms with Gasteiger partial charge in [-0.1, -0.05) is 50.0 Å². The van der Waals surface area contributed by atoms with Crippen LogP contribution < -0.4 is 5.32 Å². The van der Waals surface area contributed by atoms with Crippen molar-refractivity contribution in [1.29, 1.82) is 0 Å². The fraction of sp³-hybridized carbons (Fsp3) is 0.375. The van der Waals surface area contributed by atoms with Gasteiger partial charge in [-0.25, -0.2) is 9.97 Å². The van der Waals surface area contributed by atoms with Gasteiger partial charge in [0.25, 0.3) is 0 Å². The second-order valence-corrected chi connectivity index (χ2v) is 6.75. The molecule has 0 radical (unpaired) electrons. The first-order chi connectivity index (χ1) is 9.81. The molecule has 0 fully saturated rings. The van der Waals surface area contributed by atoms with Crippen molar-refractivity contribution in [2.45, 2.75) is 32.6 Å². The van der Waals surface area contributed by atoms with Gasteiger partial charge in [0.1, 0.15) is 11.6 Å². The van der Waals surface area contributed by atoms with Crippen molar-refractivity contribution in [1.82, 2.24) is 9.97 Å². The average molecular weight is 324 g/mol. The van der Waals surface area contributed by atoms with Gasteiger partial charge in [0, 0.05) is 35.0 Å². The lowest BCUT2D eigenvalue weighted by molar-refractivity contribution is 0.563. The second kappa shape index (κ2) is 6.20. The molecule has 2 rings (SSSR count). The Balaban J connectivity index is 2.45. The Morgan fingerprint density at radius 1 is 1.10 bits per heavy atom. The zero-order valence-corrected chi connectivity index (χ0v) is 14.2. The molecule has 0 aliphatic carbocycles. The summed E-state index contributed by atoms with van der Waals surface area (Å²) in [5.41, 5.74) is 1.79. The molecule has 0 saturated carbocycles. The van der Waals surface area contributed by atoms with Gasteiger partial charge in [-0.15, -0.1) is 0 Å². The maximum Gasteiger partial charge on any atom is 0.135 e. The highest BCUT2D eigenvalue weighted by atomic mass is 35.5. The molecule has 3 nitrogen and oxygen atoms in total. The maximum absolute atomic E-state index is 6.23. The highest BCUT2D eigenvalue weighted by molar-refractivity contribution is 6.36. The fourth-order valence-corrected chi connectivity index (χ4v) is 2.48. The Labute approximate surface area is 135 Å². The number of benzene rings is 1. The Morgan fingerprint density at radius 2 is 1.71 bits per heavy atom. The third-order valence-corrected chi connectivity index (χ3v) is 3.90. The highest BCUT2D eigenvalue weighted by Gasteiger charge is 2.18. The Morgan fingerprint density at radius 3 is 2.24 bits per heavy atom. The summed E-state index contributed by atoms with van der Waals surface area (Å²) < 4.78 is 0. The molecule has 0 bridgehead atoms. The van der Waals surface area contributed by atoms with Crippen LogP contribution in [0.5, 0.6) is 0 Å². The van der Waals surface area contributed by atoms with E-state index < -0.39 is 0 Å². The van der Waals surface area contributed by atoms with Crippen LogP contribution in [-0.4, -0.2) is 17.0 Å². The summed E-state index contributed by atoms with van der Waals surface area (Å²) in [6, 6.07) is 7.46. The molecule has 2 aromatic rings. The molecule has 0 saturated heterocycles. The quantitative estimate of drug-likeness (QED) is 0.888. The van der Waals surface area contributed by atoms with Gasteiger partial charge in [0.15, 0.2) is 0 Å². The summed E-state index contributed by atoms with van der Waals surface area (Å²) >= 11 is 12.5. The van der Waals surface area contributed by atoms with Gasteiger partial charge in [0.2, 0.25) is 0 Å². The van der Waals surface area contributed by atoms with E-state index in [4.69, 9.17) is 23.2 Å². The molecule has 1 N–H and O–H groups in total. The number of rotatable bonds is 3. The monoisotopic (exact) mass is 323 g/mol. The van der Waals surface area contributed by atoms with Crippen LogP contribution in [0, 0.1) is 0 Å². The number of nitrogens with zero attached hydrogens (tertiary/aromatic N) is 2. The van der Waals surface area contributed by atoms with Gasteiger partial charge in [-0.2, -0.15) is 0 Å². The largest absolute Gasteiger partial charge is 0.373 e. The van der Waals surface area contributed by atoms with Crippen molar-refractivity contribution in [2.24, 2.45) is 0 Å². The first kappa shape index (κ1) is 16.1. The molecular weight excluding hydrogens is 305 g/mol. The number of aromatic nitrogens is 2. The SMILES string of the molecule is CNc1cc(C(C)(C)C)nc(Cc2c(Cl)cccc2Cl)n1. The van der Waals surface area contributed by atoms with Crippen molar-refractivity contribution in [3.63, 3.8) is 0 Å². The Kier molecular flexibility index (Phi) is 4.74. The summed E-state index contributed by atoms with van der Waals surface area (Å²) in [5, 5.41) is 4.35. The van der Waals surface area contributed by atoms with Crippen LogP contribution in [0.1, 0.15) is 37.9 Å². The lowest BCUT2D eigenvalue weighted by Crippen LogP contribution is -2.16. The summed E-state index contributed by atoms with van der Waals surface area (Å²) in [5.74, 6) is 1.51. The number of anilines is 1. The predicted octanol–water partition coefficient (Wildman–Crippen LogP) is 4.71. The molecule has 0 amide bonds. The molecule has 0 unspecified atom stereocenters. The average Bonchev–Trinajstić information content (AvgIpc) is 2.42. The Hall–Kier alpha value is -1.32. The molecule has 5 heteroatoms. The minimum atomic E-state index is -0.0480. The molecule has 0 spiro atoms. The summed E-state index contributed by atoms with van der Waals surface area (Å²) in [7, 11) is 1.85. The third kappa shape index (κ3) is 3.86. The van der Waals surface area contributed by atoms with E-state index >= 15 is 0 Å². The molecule has 1 aromatic heterocycles. The first-order valence-electron chi connectivity index (χ1n) is 6.80. The van der Waals surface area contributed by atoms with Crippen molar-refractivity contribution in [3.05, 3.63) is 51.4 Å². The van der Waals surface area contributed by atoms with Crippen molar-refractivity contribution in [3.8, 4) is 0 Å². The number of hydrogen-bond acceptors (Lipinski definition) is 3. The van der Waals surface area contributed by atoms with Crippen LogP contribution in [0.15, 0.2) is 24.3 Å². The van der Waals surface area contributed by atoms with Crippen LogP contribution in [0.2, 0.25) is 10.0 Å². The molecule has 1 aromatic carbocycles. The van der Waals surface area contributed by atoms with Gasteiger partial charge < -0.3 is 5.32 Å². The lowest BCUT2D eigenvalue weighted by Gasteiger charge is -2.19. The zero-order valence-electron chi connectivity index (χ0n) is 12.7. The fourth-order valence-electron chi connectivity index (χ4n) is 1.95. The number of halogens is 2. The van der Waals surface area contributed by atoms with Gasteiger partial charge in [-0.05, 0) is 17.7 Å². The molecule has 0 aliphatic rings. The van der Waals surface area contributed by atoms with Gasteiger partial charge in [0.05, 0.1) is 5.69 Å². The minimum absolute atomic E-state index is 0.0480. The third-order valence-electron chi connectivity index (χ3n) is 3.19. The van der Waals surface area contributed by atoms with Gasteiger partial charge in [-0.3, -0.25) is 0 Å². The van der Waals surface area contributed by atoms with Crippen LogP contribution in [0.25, 0.3) is 0 Å². The highest BCUT2D eigenvalue weighted by Crippen LogP contribution is 2.28. The molecule has 1 heterocycles. The molecule has 0 aliphatic heterocycles. The van der Waals surface area contributed by atoms with E-state index in [-0.39, 0.29) is 5.41 Å². The topological polar surface area (TPSA) is 37.8 Å². The van der Waals surface area contributed by atoms with E-state index in [0.29, 0.717) is 22.3 Å². The molecule has 0 atom stereocenters. The number of nitrogens with one attached hydrogen (secondary N) is 1. The van der Waals surface area contributed by atoms with Crippen molar-refractivity contribution >= 4 is 29.0 Å². The number of hydrogen-bond donors (Lipinski definition) is 1. The maximum atomic E-state index is 6.23. The summed E-state index contributed by atoms with van der Waals surface area (Å²) in [6.45, 7) is 6.38. The van der Waals surface area contributed by atoms with E-state index in [0.717, 1.165) is 17.1 Å². The van der Waals surface area contributed by atoms with Crippen LogP contribution in [-0.2, 0) is 11.8 Å². The standard InChI is InChI=1S/C16H19Cl2N3/c1-16(2,3)13-9-14(19-4)21-15(20-13)8-10-11(17)6-5-7-12(10)18/h5-7,9H,8H2,1-4H3,(H,19,20,21). The van der Waals surface area contributed by atoms with E-state index in [2.05, 4.69) is 36.1 Å². The second-order valence-electron chi connectivity index (χ2n) is 5.93. The molecule has 112 valence electrons. The van der Waals surface area contributed by atoms with Gasteiger partial charge >= 0.3 is 0 Å². The van der Waals surface area contributed by atoms with Crippen LogP contribution in [0.3, 0.4) is 0 Å². The van der Waals surface area contributed by atoms with Crippen LogP contribution >= 0.6 is 23.2 Å². The van der Waals surface area contributed by atoms with Crippen molar-refractivity contribution < 1.29 is 0 Å². The predicted molar refractivity (Wildman–Crippen MR) is 89.5 cm³/mol. The smallest absolute Gasteiger partial charge is 0.135 e. The van der Waals surface area contributed by atoms with Crippen molar-refractivity contribution in [2.75, 3.05) is 12.4 Å². The van der Waals surface area contributed by atoms with E-state index in [9.17, 15) is 0 Å².